The first kappa shape index (κ1) is 21.6. The zero-order chi connectivity index (χ0) is 22.9. The largest absolute Gasteiger partial charge is 0.492 e. The van der Waals surface area contributed by atoms with Crippen LogP contribution in [0, 0.1) is 11.3 Å². The molecule has 6 heteroatoms. The number of hydrogen-bond acceptors (Lipinski definition) is 5. The van der Waals surface area contributed by atoms with Gasteiger partial charge in [0, 0.05) is 5.57 Å². The minimum atomic E-state index is -1.86. The van der Waals surface area contributed by atoms with E-state index in [9.17, 15) is 4.79 Å². The van der Waals surface area contributed by atoms with Crippen LogP contribution < -0.4 is 0 Å². The van der Waals surface area contributed by atoms with Crippen molar-refractivity contribution in [3.8, 4) is 0 Å². The first-order valence-corrected chi connectivity index (χ1v) is 15.3. The summed E-state index contributed by atoms with van der Waals surface area (Å²) in [5, 5.41) is 0.203. The number of epoxide rings is 1. The number of fused-ring (bicyclic) bond motifs is 2. The molecule has 0 aromatic heterocycles. The molecule has 5 fully saturated rings. The minimum Gasteiger partial charge on any atom is -0.492 e. The Morgan fingerprint density at radius 2 is 1.81 bits per heavy atom. The van der Waals surface area contributed by atoms with Crippen molar-refractivity contribution >= 4 is 14.1 Å². The number of ether oxygens (including phenoxy) is 3. The topological polar surface area (TPSA) is 57.3 Å². The second-order valence-electron chi connectivity index (χ2n) is 12.9. The summed E-state index contributed by atoms with van der Waals surface area (Å²) < 4.78 is 26.5. The van der Waals surface area contributed by atoms with Crippen LogP contribution in [-0.2, 0) is 23.4 Å². The van der Waals surface area contributed by atoms with Crippen LogP contribution in [0.2, 0.25) is 18.1 Å². The van der Waals surface area contributed by atoms with E-state index in [1.807, 2.05) is 6.08 Å². The second-order valence-corrected chi connectivity index (χ2v) is 17.7. The van der Waals surface area contributed by atoms with E-state index < -0.39 is 13.9 Å². The summed E-state index contributed by atoms with van der Waals surface area (Å²) in [6.07, 6.45) is 10.1. The summed E-state index contributed by atoms with van der Waals surface area (Å²) in [4.78, 5) is 12.6. The molecule has 6 aliphatic rings. The first-order valence-electron chi connectivity index (χ1n) is 12.4. The number of ketones is 1. The van der Waals surface area contributed by atoms with E-state index in [0.717, 1.165) is 44.1 Å². The van der Waals surface area contributed by atoms with E-state index in [2.05, 4.69) is 40.8 Å². The van der Waals surface area contributed by atoms with Gasteiger partial charge in [0.25, 0.3) is 0 Å². The maximum atomic E-state index is 12.6. The van der Waals surface area contributed by atoms with Crippen LogP contribution in [0.3, 0.4) is 0 Å². The van der Waals surface area contributed by atoms with E-state index in [0.29, 0.717) is 11.7 Å². The standard InChI is InChI=1S/C26H38O5Si/c1-22(2,3)32(6,7)30-18-9-8-17-23(18,4)12-14-26-21(29-26)19-20(28-5)16(27)10-11-24(19)13-15-25(17,26)31-24/h10-11,17-18,21H,8-9,12-15H2,1-7H3/t17-,18+,21?,23+,24+,25+,26?/m1/s1. The van der Waals surface area contributed by atoms with Crippen molar-refractivity contribution in [3.63, 3.8) is 0 Å². The predicted octanol–water partition coefficient (Wildman–Crippen LogP) is 5.07. The molecule has 2 unspecified atom stereocenters. The first-order chi connectivity index (χ1) is 14.9. The van der Waals surface area contributed by atoms with E-state index >= 15 is 0 Å². The van der Waals surface area contributed by atoms with Crippen LogP contribution in [0.15, 0.2) is 23.5 Å². The van der Waals surface area contributed by atoms with Crippen LogP contribution in [0.25, 0.3) is 0 Å². The fourth-order valence-electron chi connectivity index (χ4n) is 7.87. The highest BCUT2D eigenvalue weighted by Gasteiger charge is 2.85. The monoisotopic (exact) mass is 458 g/mol. The smallest absolute Gasteiger partial charge is 0.220 e. The number of methoxy groups -OCH3 is 1. The molecule has 5 nitrogen and oxygen atoms in total. The summed E-state index contributed by atoms with van der Waals surface area (Å²) in [6.45, 7) is 14.2. The third-order valence-corrected chi connectivity index (χ3v) is 15.1. The minimum absolute atomic E-state index is 0.0486. The number of carbonyl (C=O) groups excluding carboxylic acids is 1. The number of carbonyl (C=O) groups is 1. The highest BCUT2D eigenvalue weighted by Crippen LogP contribution is 2.76. The molecule has 6 rings (SSSR count). The molecule has 2 bridgehead atoms. The molecule has 0 aromatic carbocycles. The third kappa shape index (κ3) is 2.28. The molecule has 3 saturated heterocycles. The molecule has 176 valence electrons. The predicted molar refractivity (Wildman–Crippen MR) is 124 cm³/mol. The van der Waals surface area contributed by atoms with E-state index in [1.165, 1.54) is 0 Å². The molecule has 2 saturated carbocycles. The molecule has 3 aliphatic carbocycles. The van der Waals surface area contributed by atoms with Crippen molar-refractivity contribution in [2.45, 2.75) is 113 Å². The van der Waals surface area contributed by atoms with Crippen molar-refractivity contribution in [2.75, 3.05) is 7.11 Å². The maximum Gasteiger partial charge on any atom is 0.220 e. The van der Waals surface area contributed by atoms with Gasteiger partial charge in [-0.25, -0.2) is 0 Å². The zero-order valence-corrected chi connectivity index (χ0v) is 21.7. The summed E-state index contributed by atoms with van der Waals surface area (Å²) in [5.74, 6) is 0.802. The van der Waals surface area contributed by atoms with Crippen LogP contribution in [0.4, 0.5) is 0 Å². The Hall–Kier alpha value is -0.953. The Labute approximate surface area is 193 Å². The fourth-order valence-corrected chi connectivity index (χ4v) is 9.32. The van der Waals surface area contributed by atoms with E-state index in [4.69, 9.17) is 18.6 Å². The average Bonchev–Trinajstić information content (AvgIpc) is 3.23. The van der Waals surface area contributed by atoms with Gasteiger partial charge >= 0.3 is 0 Å². The van der Waals surface area contributed by atoms with Gasteiger partial charge in [-0.3, -0.25) is 4.79 Å². The number of rotatable bonds is 3. The van der Waals surface area contributed by atoms with Crippen molar-refractivity contribution in [3.05, 3.63) is 23.5 Å². The van der Waals surface area contributed by atoms with Crippen LogP contribution >= 0.6 is 0 Å². The highest BCUT2D eigenvalue weighted by molar-refractivity contribution is 6.74. The van der Waals surface area contributed by atoms with Crippen molar-refractivity contribution in [1.82, 2.24) is 0 Å². The Bertz CT molecular complexity index is 962. The molecular weight excluding hydrogens is 420 g/mol. The van der Waals surface area contributed by atoms with Crippen molar-refractivity contribution < 1.29 is 23.4 Å². The Balaban J connectivity index is 1.39. The molecule has 0 N–H and O–H groups in total. The summed E-state index contributed by atoms with van der Waals surface area (Å²) in [6, 6.07) is 0. The quantitative estimate of drug-likeness (QED) is 0.437. The average molecular weight is 459 g/mol. The molecule has 0 radical (unpaired) electrons. The van der Waals surface area contributed by atoms with Gasteiger partial charge in [0.2, 0.25) is 5.78 Å². The molecule has 32 heavy (non-hydrogen) atoms. The molecule has 3 aliphatic heterocycles. The van der Waals surface area contributed by atoms with E-state index in [-0.39, 0.29) is 39.6 Å². The van der Waals surface area contributed by atoms with Gasteiger partial charge in [-0.2, -0.15) is 0 Å². The Morgan fingerprint density at radius 1 is 1.09 bits per heavy atom. The highest BCUT2D eigenvalue weighted by atomic mass is 28.4. The van der Waals surface area contributed by atoms with Crippen molar-refractivity contribution in [2.24, 2.45) is 11.3 Å². The van der Waals surface area contributed by atoms with Gasteiger partial charge < -0.3 is 18.6 Å². The summed E-state index contributed by atoms with van der Waals surface area (Å²) in [5.41, 5.74) is -0.0731. The molecular formula is C26H38O5Si. The normalized spacial score (nSPS) is 48.8. The summed E-state index contributed by atoms with van der Waals surface area (Å²) >= 11 is 0. The molecule has 0 aromatic rings. The van der Waals surface area contributed by atoms with Gasteiger partial charge in [0.1, 0.15) is 22.9 Å². The van der Waals surface area contributed by atoms with Gasteiger partial charge in [-0.15, -0.1) is 0 Å². The van der Waals surface area contributed by atoms with Gasteiger partial charge in [-0.1, -0.05) is 27.7 Å². The lowest BCUT2D eigenvalue weighted by atomic mass is 9.55. The van der Waals surface area contributed by atoms with Gasteiger partial charge in [-0.05, 0) is 80.1 Å². The van der Waals surface area contributed by atoms with Gasteiger partial charge in [0.15, 0.2) is 14.1 Å². The van der Waals surface area contributed by atoms with Crippen LogP contribution in [0.1, 0.15) is 66.2 Å². The number of hydrogen-bond donors (Lipinski definition) is 0. The molecule has 3 heterocycles. The molecule has 3 spiro atoms. The second kappa shape index (κ2) is 5.99. The lowest BCUT2D eigenvalue weighted by Gasteiger charge is -2.57. The SMILES string of the molecule is COC1=C2C3OC34CC[C@]3(C)[C@@H](O[Si](C)(C)C(C)(C)C)CC[C@H]3[C@@]43CC[C@]2(C=CC1=O)O3. The molecule has 7 atom stereocenters. The van der Waals surface area contributed by atoms with Crippen molar-refractivity contribution in [1.29, 1.82) is 0 Å². The fraction of sp³-hybridized carbons (Fsp3) is 0.808. The van der Waals surface area contributed by atoms with Gasteiger partial charge in [0.05, 0.1) is 13.2 Å². The lowest BCUT2D eigenvalue weighted by Crippen LogP contribution is -2.65. The van der Waals surface area contributed by atoms with Crippen LogP contribution in [0.5, 0.6) is 0 Å². The number of allylic oxidation sites excluding steroid dienone is 1. The Kier molecular flexibility index (Phi) is 4.04. The van der Waals surface area contributed by atoms with E-state index in [1.54, 1.807) is 13.2 Å². The maximum absolute atomic E-state index is 12.6. The molecule has 0 amide bonds. The lowest BCUT2D eigenvalue weighted by molar-refractivity contribution is -0.200. The third-order valence-electron chi connectivity index (χ3n) is 10.6. The van der Waals surface area contributed by atoms with Crippen LogP contribution in [-0.4, -0.2) is 50.2 Å². The zero-order valence-electron chi connectivity index (χ0n) is 20.7. The summed E-state index contributed by atoms with van der Waals surface area (Å²) in [7, 11) is -0.271. The Morgan fingerprint density at radius 3 is 2.50 bits per heavy atom.